The van der Waals surface area contributed by atoms with Gasteiger partial charge >= 0.3 is 0 Å². The van der Waals surface area contributed by atoms with E-state index in [2.05, 4.69) is 29.3 Å². The molecule has 0 saturated carbocycles. The summed E-state index contributed by atoms with van der Waals surface area (Å²) in [4.78, 5) is 14.3. The molecule has 108 valence electrons. The Labute approximate surface area is 120 Å². The number of nitrogens with one attached hydrogen (secondary N) is 1. The molecular weight excluding hydrogens is 250 g/mol. The lowest BCUT2D eigenvalue weighted by molar-refractivity contribution is -0.117. The summed E-state index contributed by atoms with van der Waals surface area (Å²) in [5.41, 5.74) is 7.82. The molecule has 20 heavy (non-hydrogen) atoms. The zero-order valence-corrected chi connectivity index (χ0v) is 12.0. The summed E-state index contributed by atoms with van der Waals surface area (Å²) in [6, 6.07) is 8.11. The average molecular weight is 273 g/mol. The Hall–Kier alpha value is -1.65. The first kappa shape index (κ1) is 14.8. The van der Waals surface area contributed by atoms with Crippen LogP contribution in [0.4, 0.5) is 5.69 Å². The number of carbonyl (C=O) groups is 1. The molecule has 1 heterocycles. The van der Waals surface area contributed by atoms with E-state index in [1.54, 1.807) is 0 Å². The SMILES string of the molecule is CCc1ccccc1NC(=O)CN1CCC=CC1CN. The second-order valence-corrected chi connectivity index (χ2v) is 5.05. The van der Waals surface area contributed by atoms with Gasteiger partial charge in [-0.2, -0.15) is 0 Å². The number of hydrogen-bond acceptors (Lipinski definition) is 3. The summed E-state index contributed by atoms with van der Waals surface area (Å²) < 4.78 is 0. The lowest BCUT2D eigenvalue weighted by Gasteiger charge is -2.30. The zero-order chi connectivity index (χ0) is 14.4. The van der Waals surface area contributed by atoms with Crippen molar-refractivity contribution in [3.63, 3.8) is 0 Å². The average Bonchev–Trinajstić information content (AvgIpc) is 2.48. The summed E-state index contributed by atoms with van der Waals surface area (Å²) in [6.07, 6.45) is 6.12. The summed E-state index contributed by atoms with van der Waals surface area (Å²) in [5, 5.41) is 3.01. The van der Waals surface area contributed by atoms with Gasteiger partial charge in [-0.05, 0) is 24.5 Å². The lowest BCUT2D eigenvalue weighted by atomic mass is 10.1. The summed E-state index contributed by atoms with van der Waals surface area (Å²) in [5.74, 6) is 0.0275. The lowest BCUT2D eigenvalue weighted by Crippen LogP contribution is -2.45. The predicted molar refractivity (Wildman–Crippen MR) is 82.6 cm³/mol. The Morgan fingerprint density at radius 3 is 3.00 bits per heavy atom. The number of nitrogens with zero attached hydrogens (tertiary/aromatic N) is 1. The highest BCUT2D eigenvalue weighted by molar-refractivity contribution is 5.93. The second-order valence-electron chi connectivity index (χ2n) is 5.05. The van der Waals surface area contributed by atoms with Gasteiger partial charge in [-0.15, -0.1) is 0 Å². The highest BCUT2D eigenvalue weighted by atomic mass is 16.2. The molecule has 2 rings (SSSR count). The third kappa shape index (κ3) is 3.68. The van der Waals surface area contributed by atoms with Crippen LogP contribution in [0.25, 0.3) is 0 Å². The molecule has 3 N–H and O–H groups in total. The molecule has 1 aliphatic heterocycles. The number of aryl methyl sites for hydroxylation is 1. The molecule has 1 aromatic carbocycles. The quantitative estimate of drug-likeness (QED) is 0.804. The van der Waals surface area contributed by atoms with Crippen LogP contribution >= 0.6 is 0 Å². The highest BCUT2D eigenvalue weighted by Crippen LogP contribution is 2.16. The maximum Gasteiger partial charge on any atom is 0.238 e. The Balaban J connectivity index is 1.97. The van der Waals surface area contributed by atoms with Crippen molar-refractivity contribution >= 4 is 11.6 Å². The van der Waals surface area contributed by atoms with E-state index in [9.17, 15) is 4.79 Å². The van der Waals surface area contributed by atoms with Crippen molar-refractivity contribution in [1.29, 1.82) is 0 Å². The molecule has 0 saturated heterocycles. The number of carbonyl (C=O) groups excluding carboxylic acids is 1. The monoisotopic (exact) mass is 273 g/mol. The number of rotatable bonds is 5. The van der Waals surface area contributed by atoms with Crippen molar-refractivity contribution in [3.05, 3.63) is 42.0 Å². The zero-order valence-electron chi connectivity index (χ0n) is 12.0. The van der Waals surface area contributed by atoms with Gasteiger partial charge in [0.05, 0.1) is 6.54 Å². The van der Waals surface area contributed by atoms with Crippen LogP contribution in [0.15, 0.2) is 36.4 Å². The van der Waals surface area contributed by atoms with E-state index in [1.165, 1.54) is 0 Å². The van der Waals surface area contributed by atoms with E-state index >= 15 is 0 Å². The Bertz CT molecular complexity index is 484. The van der Waals surface area contributed by atoms with Gasteiger partial charge in [0, 0.05) is 24.8 Å². The van der Waals surface area contributed by atoms with Gasteiger partial charge in [-0.3, -0.25) is 9.69 Å². The molecule has 1 amide bonds. The fourth-order valence-electron chi connectivity index (χ4n) is 2.53. The molecule has 4 nitrogen and oxygen atoms in total. The van der Waals surface area contributed by atoms with Gasteiger partial charge in [0.25, 0.3) is 0 Å². The highest BCUT2D eigenvalue weighted by Gasteiger charge is 2.19. The maximum absolute atomic E-state index is 12.2. The molecule has 0 aliphatic carbocycles. The van der Waals surface area contributed by atoms with Crippen LogP contribution in [0, 0.1) is 0 Å². The van der Waals surface area contributed by atoms with Crippen molar-refractivity contribution in [2.75, 3.05) is 25.0 Å². The van der Waals surface area contributed by atoms with Crippen molar-refractivity contribution in [2.24, 2.45) is 5.73 Å². The third-order valence-corrected chi connectivity index (χ3v) is 3.67. The molecule has 0 fully saturated rings. The topological polar surface area (TPSA) is 58.4 Å². The molecule has 0 radical (unpaired) electrons. The first-order valence-corrected chi connectivity index (χ1v) is 7.23. The molecule has 1 unspecified atom stereocenters. The number of benzene rings is 1. The van der Waals surface area contributed by atoms with Crippen LogP contribution in [0.5, 0.6) is 0 Å². The van der Waals surface area contributed by atoms with Gasteiger partial charge in [0.15, 0.2) is 0 Å². The number of nitrogens with two attached hydrogens (primary N) is 1. The molecule has 1 atom stereocenters. The minimum absolute atomic E-state index is 0.0275. The minimum Gasteiger partial charge on any atom is -0.329 e. The van der Waals surface area contributed by atoms with Crippen molar-refractivity contribution in [2.45, 2.75) is 25.8 Å². The van der Waals surface area contributed by atoms with Crippen LogP contribution in [-0.4, -0.2) is 36.5 Å². The second kappa shape index (κ2) is 7.22. The molecule has 1 aromatic rings. The number of amides is 1. The first-order valence-electron chi connectivity index (χ1n) is 7.23. The van der Waals surface area contributed by atoms with Crippen molar-refractivity contribution < 1.29 is 4.79 Å². The normalized spacial score (nSPS) is 19.0. The van der Waals surface area contributed by atoms with Crippen LogP contribution < -0.4 is 11.1 Å². The number of para-hydroxylation sites is 1. The van der Waals surface area contributed by atoms with Gasteiger partial charge in [-0.1, -0.05) is 37.3 Å². The number of hydrogen-bond donors (Lipinski definition) is 2. The van der Waals surface area contributed by atoms with Crippen LogP contribution in [-0.2, 0) is 11.2 Å². The van der Waals surface area contributed by atoms with E-state index in [0.717, 1.165) is 30.6 Å². The number of anilines is 1. The van der Waals surface area contributed by atoms with Crippen molar-refractivity contribution in [1.82, 2.24) is 4.90 Å². The van der Waals surface area contributed by atoms with E-state index in [-0.39, 0.29) is 11.9 Å². The maximum atomic E-state index is 12.2. The molecule has 1 aliphatic rings. The Kier molecular flexibility index (Phi) is 5.32. The standard InChI is InChI=1S/C16H23N3O/c1-2-13-7-3-4-9-15(13)18-16(20)12-19-10-6-5-8-14(19)11-17/h3-5,7-9,14H,2,6,10-12,17H2,1H3,(H,18,20). The molecule has 0 spiro atoms. The van der Waals surface area contributed by atoms with E-state index in [1.807, 2.05) is 24.3 Å². The molecular formula is C16H23N3O. The predicted octanol–water partition coefficient (Wildman–Crippen LogP) is 1.78. The summed E-state index contributed by atoms with van der Waals surface area (Å²) in [7, 11) is 0. The van der Waals surface area contributed by atoms with E-state index in [4.69, 9.17) is 5.73 Å². The Morgan fingerprint density at radius 2 is 2.25 bits per heavy atom. The van der Waals surface area contributed by atoms with Gasteiger partial charge in [-0.25, -0.2) is 0 Å². The first-order chi connectivity index (χ1) is 9.74. The summed E-state index contributed by atoms with van der Waals surface area (Å²) >= 11 is 0. The van der Waals surface area contributed by atoms with Crippen LogP contribution in [0.3, 0.4) is 0 Å². The van der Waals surface area contributed by atoms with Crippen molar-refractivity contribution in [3.8, 4) is 0 Å². The largest absolute Gasteiger partial charge is 0.329 e. The summed E-state index contributed by atoms with van der Waals surface area (Å²) in [6.45, 7) is 3.92. The molecule has 0 bridgehead atoms. The third-order valence-electron chi connectivity index (χ3n) is 3.67. The Morgan fingerprint density at radius 1 is 1.45 bits per heavy atom. The van der Waals surface area contributed by atoms with Gasteiger partial charge in [0.2, 0.25) is 5.91 Å². The molecule has 4 heteroatoms. The van der Waals surface area contributed by atoms with E-state index < -0.39 is 0 Å². The smallest absolute Gasteiger partial charge is 0.238 e. The van der Waals surface area contributed by atoms with Crippen LogP contribution in [0.2, 0.25) is 0 Å². The van der Waals surface area contributed by atoms with Crippen LogP contribution in [0.1, 0.15) is 18.9 Å². The van der Waals surface area contributed by atoms with Gasteiger partial charge < -0.3 is 11.1 Å². The van der Waals surface area contributed by atoms with E-state index in [0.29, 0.717) is 13.1 Å². The fourth-order valence-corrected chi connectivity index (χ4v) is 2.53. The van der Waals surface area contributed by atoms with Gasteiger partial charge in [0.1, 0.15) is 0 Å². The molecule has 0 aromatic heterocycles. The minimum atomic E-state index is 0.0275. The fraction of sp³-hybridized carbons (Fsp3) is 0.438.